The predicted molar refractivity (Wildman–Crippen MR) is 388 cm³/mol. The number of nitrogens with one attached hydrogen (secondary N) is 1. The summed E-state index contributed by atoms with van der Waals surface area (Å²) in [4.78, 5) is 38.0. The predicted octanol–water partition coefficient (Wildman–Crippen LogP) is 24.7. The van der Waals surface area contributed by atoms with E-state index in [-0.39, 0.29) is 25.1 Å². The topological polar surface area (TPSA) is 111 Å². The van der Waals surface area contributed by atoms with Gasteiger partial charge in [0.15, 0.2) is 0 Å². The Morgan fingerprint density at radius 1 is 0.393 bits per heavy atom. The molecule has 520 valence electrons. The van der Waals surface area contributed by atoms with Crippen molar-refractivity contribution >= 4 is 19.7 Å². The normalized spacial score (nSPS) is 13.8. The molecule has 10 heteroatoms. The number of ether oxygens (including phenoxy) is 1. The molecule has 0 heterocycles. The van der Waals surface area contributed by atoms with Gasteiger partial charge in [-0.15, -0.1) is 0 Å². The first kappa shape index (κ1) is 86.5. The van der Waals surface area contributed by atoms with Crippen LogP contribution in [0.25, 0.3) is 0 Å². The van der Waals surface area contributed by atoms with Crippen molar-refractivity contribution in [2.24, 2.45) is 0 Å². The van der Waals surface area contributed by atoms with E-state index in [4.69, 9.17) is 13.8 Å². The highest BCUT2D eigenvalue weighted by molar-refractivity contribution is 7.47. The van der Waals surface area contributed by atoms with Crippen LogP contribution in [0.2, 0.25) is 0 Å². The minimum atomic E-state index is -4.46. The van der Waals surface area contributed by atoms with E-state index in [1.54, 1.807) is 0 Å². The van der Waals surface area contributed by atoms with Crippen molar-refractivity contribution in [1.29, 1.82) is 0 Å². The number of carbonyl (C=O) groups is 2. The molecule has 0 radical (unpaired) electrons. The van der Waals surface area contributed by atoms with Gasteiger partial charge in [-0.25, -0.2) is 4.57 Å². The minimum Gasteiger partial charge on any atom is -0.456 e. The zero-order valence-corrected chi connectivity index (χ0v) is 60.6. The van der Waals surface area contributed by atoms with Gasteiger partial charge in [-0.1, -0.05) is 325 Å². The van der Waals surface area contributed by atoms with Gasteiger partial charge in [0.25, 0.3) is 0 Å². The van der Waals surface area contributed by atoms with Crippen molar-refractivity contribution in [3.63, 3.8) is 0 Å². The summed E-state index contributed by atoms with van der Waals surface area (Å²) in [5.74, 6) is -0.498. The molecule has 0 saturated heterocycles. The van der Waals surface area contributed by atoms with E-state index in [1.165, 1.54) is 244 Å². The molecule has 0 aromatic heterocycles. The standard InChI is InChI=1S/C79H147N2O7P/c1-7-10-13-16-19-22-25-28-30-32-34-36-38-40-42-44-46-48-50-53-56-59-62-65-68-71-78(82)80-76(75-87-89(84,85)86-74-73-81(4,5)6)77(70-67-64-61-58-55-52-27-24-21-18-15-12-9-3)88-79(83)72-69-66-63-60-57-54-51-49-47-45-43-41-39-37-35-33-31-29-26-23-20-17-14-11-8-2/h19,22,28-31,34,36,40,42,67,70,76-77H,7-18,20-21,23-27,32-33,35,37-39,41,43-66,68-69,71-75H2,1-6H3,(H-,80,82,84,85)/p+1/b22-19-,30-28-,31-29+,36-34-,42-40-,70-67+. The van der Waals surface area contributed by atoms with Crippen LogP contribution in [0, 0.1) is 0 Å². The van der Waals surface area contributed by atoms with Gasteiger partial charge >= 0.3 is 13.8 Å². The number of rotatable bonds is 70. The van der Waals surface area contributed by atoms with E-state index in [2.05, 4.69) is 86.8 Å². The van der Waals surface area contributed by atoms with Gasteiger partial charge in [0, 0.05) is 12.8 Å². The van der Waals surface area contributed by atoms with Crippen LogP contribution in [0.15, 0.2) is 72.9 Å². The maximum absolute atomic E-state index is 13.7. The average molecular weight is 1270 g/mol. The number of phosphoric acid groups is 1. The number of hydrogen-bond donors (Lipinski definition) is 2. The van der Waals surface area contributed by atoms with Crippen LogP contribution < -0.4 is 5.32 Å². The van der Waals surface area contributed by atoms with Crippen molar-refractivity contribution in [3.05, 3.63) is 72.9 Å². The lowest BCUT2D eigenvalue weighted by molar-refractivity contribution is -0.870. The number of nitrogens with zero attached hydrogens (tertiary/aromatic N) is 1. The first-order chi connectivity index (χ1) is 43.4. The molecule has 3 unspecified atom stereocenters. The highest BCUT2D eigenvalue weighted by Gasteiger charge is 2.30. The van der Waals surface area contributed by atoms with Crippen LogP contribution in [0.4, 0.5) is 0 Å². The Kier molecular flexibility index (Phi) is 66.4. The van der Waals surface area contributed by atoms with E-state index >= 15 is 0 Å². The highest BCUT2D eigenvalue weighted by Crippen LogP contribution is 2.43. The first-order valence-electron chi connectivity index (χ1n) is 38.3. The van der Waals surface area contributed by atoms with Gasteiger partial charge in [-0.05, 0) is 102 Å². The third-order valence-corrected chi connectivity index (χ3v) is 18.1. The molecule has 0 spiro atoms. The molecule has 0 aliphatic rings. The highest BCUT2D eigenvalue weighted by atomic mass is 31.2. The summed E-state index contributed by atoms with van der Waals surface area (Å²) in [7, 11) is 1.50. The van der Waals surface area contributed by atoms with Crippen LogP contribution in [-0.4, -0.2) is 74.3 Å². The second-order valence-electron chi connectivity index (χ2n) is 27.2. The lowest BCUT2D eigenvalue weighted by atomic mass is 10.0. The summed E-state index contributed by atoms with van der Waals surface area (Å²) >= 11 is 0. The molecule has 0 saturated carbocycles. The number of unbranched alkanes of at least 4 members (excludes halogenated alkanes) is 44. The van der Waals surface area contributed by atoms with Crippen molar-refractivity contribution < 1.29 is 37.3 Å². The largest absolute Gasteiger partial charge is 0.472 e. The van der Waals surface area contributed by atoms with Gasteiger partial charge in [0.05, 0.1) is 33.8 Å². The third-order valence-electron chi connectivity index (χ3n) is 17.1. The third kappa shape index (κ3) is 69.6. The summed E-state index contributed by atoms with van der Waals surface area (Å²) in [5, 5.41) is 3.08. The zero-order valence-electron chi connectivity index (χ0n) is 59.7. The van der Waals surface area contributed by atoms with E-state index in [1.807, 2.05) is 33.3 Å². The van der Waals surface area contributed by atoms with Crippen LogP contribution in [0.3, 0.4) is 0 Å². The molecular weight excluding hydrogens is 1120 g/mol. The summed E-state index contributed by atoms with van der Waals surface area (Å²) < 4.78 is 30.9. The fraction of sp³-hybridized carbons (Fsp3) is 0.823. The second kappa shape index (κ2) is 68.3. The Balaban J connectivity index is 5.03. The molecule has 0 aliphatic carbocycles. The Labute approximate surface area is 553 Å². The molecule has 0 rings (SSSR count). The van der Waals surface area contributed by atoms with Gasteiger partial charge in [0.2, 0.25) is 5.91 Å². The van der Waals surface area contributed by atoms with Gasteiger partial charge < -0.3 is 19.4 Å². The van der Waals surface area contributed by atoms with Crippen molar-refractivity contribution in [1.82, 2.24) is 5.32 Å². The molecule has 3 atom stereocenters. The second-order valence-corrected chi connectivity index (χ2v) is 28.6. The molecular formula is C79H148N2O7P+. The summed E-state index contributed by atoms with van der Waals surface area (Å²) in [6.07, 6.45) is 90.6. The monoisotopic (exact) mass is 1270 g/mol. The van der Waals surface area contributed by atoms with E-state index in [9.17, 15) is 19.0 Å². The number of phosphoric ester groups is 1. The smallest absolute Gasteiger partial charge is 0.456 e. The van der Waals surface area contributed by atoms with Gasteiger partial charge in [0.1, 0.15) is 19.3 Å². The van der Waals surface area contributed by atoms with Gasteiger partial charge in [-0.3, -0.25) is 18.6 Å². The Hall–Kier alpha value is -2.55. The molecule has 89 heavy (non-hydrogen) atoms. The van der Waals surface area contributed by atoms with Crippen molar-refractivity contribution in [2.75, 3.05) is 40.9 Å². The van der Waals surface area contributed by atoms with Crippen LogP contribution in [0.5, 0.6) is 0 Å². The zero-order chi connectivity index (χ0) is 64.9. The molecule has 1 amide bonds. The van der Waals surface area contributed by atoms with E-state index < -0.39 is 20.0 Å². The van der Waals surface area contributed by atoms with Crippen molar-refractivity contribution in [2.45, 2.75) is 380 Å². The molecule has 2 N–H and O–H groups in total. The summed E-state index contributed by atoms with van der Waals surface area (Å²) in [6.45, 7) is 7.03. The Morgan fingerprint density at radius 2 is 0.685 bits per heavy atom. The van der Waals surface area contributed by atoms with Crippen LogP contribution >= 0.6 is 7.82 Å². The number of hydrogen-bond acceptors (Lipinski definition) is 6. The van der Waals surface area contributed by atoms with Gasteiger partial charge in [-0.2, -0.15) is 0 Å². The fourth-order valence-corrected chi connectivity index (χ4v) is 12.0. The van der Waals surface area contributed by atoms with Crippen LogP contribution in [-0.2, 0) is 27.9 Å². The number of amides is 1. The summed E-state index contributed by atoms with van der Waals surface area (Å²) in [6, 6.07) is -0.855. The number of likely N-dealkylation sites (N-methyl/N-ethyl adjacent to an activating group) is 1. The quantitative estimate of drug-likeness (QED) is 0.0205. The maximum Gasteiger partial charge on any atom is 0.472 e. The summed E-state index contributed by atoms with van der Waals surface area (Å²) in [5.41, 5.74) is 0. The Morgan fingerprint density at radius 3 is 1.06 bits per heavy atom. The molecule has 0 fully saturated rings. The molecule has 0 bridgehead atoms. The lowest BCUT2D eigenvalue weighted by Crippen LogP contribution is -2.47. The number of esters is 1. The first-order valence-corrected chi connectivity index (χ1v) is 39.8. The molecule has 0 aliphatic heterocycles. The molecule has 0 aromatic carbocycles. The Bertz CT molecular complexity index is 1750. The average Bonchev–Trinajstić information content (AvgIpc) is 3.67. The number of carbonyl (C=O) groups excluding carboxylic acids is 2. The minimum absolute atomic E-state index is 0.0383. The lowest BCUT2D eigenvalue weighted by Gasteiger charge is -2.27. The van der Waals surface area contributed by atoms with E-state index in [0.717, 1.165) is 89.9 Å². The SMILES string of the molecule is CCCCC/C=C\C/C=C\C/C=C\C/C=C\CCCCCCCCCCCC(=O)NC(COP(=O)(O)OCC[N+](C)(C)C)C(/C=C/CCCCCCCCCCCCC)OC(=O)CCCCCCCCCCCCCCCCC/C=C/CCCCCCCC. The van der Waals surface area contributed by atoms with Crippen molar-refractivity contribution in [3.8, 4) is 0 Å². The van der Waals surface area contributed by atoms with Crippen LogP contribution in [0.1, 0.15) is 367 Å². The molecule has 0 aromatic rings. The number of allylic oxidation sites excluding steroid dienone is 11. The maximum atomic E-state index is 13.7. The molecule has 9 nitrogen and oxygen atoms in total. The number of quaternary nitrogens is 1. The fourth-order valence-electron chi connectivity index (χ4n) is 11.2. The van der Waals surface area contributed by atoms with E-state index in [0.29, 0.717) is 23.9 Å².